The van der Waals surface area contributed by atoms with E-state index in [0.717, 1.165) is 5.56 Å². The summed E-state index contributed by atoms with van der Waals surface area (Å²) in [5, 5.41) is 2.88. The molecular weight excluding hydrogens is 320 g/mol. The number of benzene rings is 1. The van der Waals surface area contributed by atoms with Gasteiger partial charge < -0.3 is 19.5 Å². The van der Waals surface area contributed by atoms with Crippen molar-refractivity contribution in [2.45, 2.75) is 26.5 Å². The molecule has 2 rings (SSSR count). The van der Waals surface area contributed by atoms with E-state index in [9.17, 15) is 4.79 Å². The Morgan fingerprint density at radius 1 is 1.16 bits per heavy atom. The molecule has 0 spiro atoms. The fourth-order valence-electron chi connectivity index (χ4n) is 2.28. The highest BCUT2D eigenvalue weighted by Gasteiger charge is 2.14. The molecule has 1 N–H and O–H groups in total. The van der Waals surface area contributed by atoms with Crippen LogP contribution in [0.15, 0.2) is 42.7 Å². The summed E-state index contributed by atoms with van der Waals surface area (Å²) in [4.78, 5) is 16.3. The van der Waals surface area contributed by atoms with Gasteiger partial charge in [-0.15, -0.1) is 0 Å². The van der Waals surface area contributed by atoms with Gasteiger partial charge in [-0.25, -0.2) is 0 Å². The number of hydrogen-bond acceptors (Lipinski definition) is 5. The van der Waals surface area contributed by atoms with Crippen LogP contribution < -0.4 is 14.8 Å². The zero-order valence-electron chi connectivity index (χ0n) is 14.8. The van der Waals surface area contributed by atoms with Crippen molar-refractivity contribution >= 4 is 5.91 Å². The molecule has 0 aliphatic rings. The molecule has 0 bridgehead atoms. The van der Waals surface area contributed by atoms with Gasteiger partial charge in [0.05, 0.1) is 13.2 Å². The fraction of sp³-hybridized carbons (Fsp3) is 0.368. The summed E-state index contributed by atoms with van der Waals surface area (Å²) in [6.07, 6.45) is 3.44. The lowest BCUT2D eigenvalue weighted by Gasteiger charge is -2.15. The monoisotopic (exact) mass is 344 g/mol. The van der Waals surface area contributed by atoms with Crippen LogP contribution in [0.5, 0.6) is 11.5 Å². The van der Waals surface area contributed by atoms with Crippen molar-refractivity contribution in [2.75, 3.05) is 20.3 Å². The maximum Gasteiger partial charge on any atom is 0.251 e. The van der Waals surface area contributed by atoms with Gasteiger partial charge in [0.25, 0.3) is 5.91 Å². The van der Waals surface area contributed by atoms with Gasteiger partial charge in [0.1, 0.15) is 6.61 Å². The molecule has 0 radical (unpaired) electrons. The molecule has 6 heteroatoms. The van der Waals surface area contributed by atoms with E-state index < -0.39 is 0 Å². The lowest BCUT2D eigenvalue weighted by Crippen LogP contribution is -2.35. The molecule has 0 aliphatic carbocycles. The Morgan fingerprint density at radius 2 is 1.92 bits per heavy atom. The minimum absolute atomic E-state index is 0.0735. The second kappa shape index (κ2) is 9.64. The van der Waals surface area contributed by atoms with Crippen molar-refractivity contribution in [3.05, 3.63) is 53.9 Å². The Bertz CT molecular complexity index is 676. The molecule has 25 heavy (non-hydrogen) atoms. The van der Waals surface area contributed by atoms with Crippen molar-refractivity contribution in [1.82, 2.24) is 10.3 Å². The first-order valence-corrected chi connectivity index (χ1v) is 8.22. The average Bonchev–Trinajstić information content (AvgIpc) is 2.62. The molecule has 0 saturated carbocycles. The number of ether oxygens (including phenoxy) is 3. The second-order valence-corrected chi connectivity index (χ2v) is 5.57. The van der Waals surface area contributed by atoms with Gasteiger partial charge in [0, 0.05) is 31.1 Å². The first kappa shape index (κ1) is 18.7. The SMILES string of the molecule is CCOc1cc(C(=O)NC(C)COC)ccc1OCc1ccncc1. The zero-order valence-corrected chi connectivity index (χ0v) is 14.8. The van der Waals surface area contributed by atoms with Gasteiger partial charge in [0.15, 0.2) is 11.5 Å². The van der Waals surface area contributed by atoms with E-state index in [1.165, 1.54) is 0 Å². The topological polar surface area (TPSA) is 69.7 Å². The third kappa shape index (κ3) is 5.76. The van der Waals surface area contributed by atoms with E-state index in [2.05, 4.69) is 10.3 Å². The van der Waals surface area contributed by atoms with Crippen LogP contribution in [-0.4, -0.2) is 37.3 Å². The van der Waals surface area contributed by atoms with Gasteiger partial charge in [-0.1, -0.05) is 0 Å². The predicted octanol–water partition coefficient (Wildman–Crippen LogP) is 2.82. The van der Waals surface area contributed by atoms with Crippen LogP contribution in [0, 0.1) is 0 Å². The summed E-state index contributed by atoms with van der Waals surface area (Å²) >= 11 is 0. The smallest absolute Gasteiger partial charge is 0.251 e. The molecule has 1 amide bonds. The maximum atomic E-state index is 12.3. The predicted molar refractivity (Wildman–Crippen MR) is 95.0 cm³/mol. The molecular formula is C19H24N2O4. The number of carbonyl (C=O) groups is 1. The van der Waals surface area contributed by atoms with Crippen molar-refractivity contribution in [1.29, 1.82) is 0 Å². The van der Waals surface area contributed by atoms with Crippen LogP contribution in [0.25, 0.3) is 0 Å². The van der Waals surface area contributed by atoms with Gasteiger partial charge in [-0.05, 0) is 49.7 Å². The number of hydrogen-bond donors (Lipinski definition) is 1. The number of pyridine rings is 1. The van der Waals surface area contributed by atoms with E-state index in [1.54, 1.807) is 37.7 Å². The van der Waals surface area contributed by atoms with Crippen molar-refractivity contribution < 1.29 is 19.0 Å². The number of rotatable bonds is 9. The number of methoxy groups -OCH3 is 1. The number of nitrogens with zero attached hydrogens (tertiary/aromatic N) is 1. The van der Waals surface area contributed by atoms with Crippen molar-refractivity contribution in [3.8, 4) is 11.5 Å². The highest BCUT2D eigenvalue weighted by molar-refractivity contribution is 5.95. The summed E-state index contributed by atoms with van der Waals surface area (Å²) < 4.78 is 16.5. The number of carbonyl (C=O) groups excluding carboxylic acids is 1. The quantitative estimate of drug-likeness (QED) is 0.757. The maximum absolute atomic E-state index is 12.3. The van der Waals surface area contributed by atoms with Crippen molar-refractivity contribution in [2.24, 2.45) is 0 Å². The molecule has 1 aromatic carbocycles. The van der Waals surface area contributed by atoms with Gasteiger partial charge in [-0.3, -0.25) is 9.78 Å². The first-order chi connectivity index (χ1) is 12.1. The summed E-state index contributed by atoms with van der Waals surface area (Å²) in [6.45, 7) is 5.12. The highest BCUT2D eigenvalue weighted by Crippen LogP contribution is 2.29. The first-order valence-electron chi connectivity index (χ1n) is 8.22. The standard InChI is InChI=1S/C19H24N2O4/c1-4-24-18-11-16(19(22)21-14(2)12-23-3)5-6-17(18)25-13-15-7-9-20-10-8-15/h5-11,14H,4,12-13H2,1-3H3,(H,21,22). The summed E-state index contributed by atoms with van der Waals surface area (Å²) in [5.74, 6) is 0.968. The van der Waals surface area contributed by atoms with E-state index in [0.29, 0.717) is 36.9 Å². The van der Waals surface area contributed by atoms with Crippen LogP contribution in [-0.2, 0) is 11.3 Å². The van der Waals surface area contributed by atoms with Crippen LogP contribution in [0.1, 0.15) is 29.8 Å². The molecule has 1 atom stereocenters. The Kier molecular flexibility index (Phi) is 7.22. The minimum Gasteiger partial charge on any atom is -0.490 e. The van der Waals surface area contributed by atoms with Crippen molar-refractivity contribution in [3.63, 3.8) is 0 Å². The van der Waals surface area contributed by atoms with Gasteiger partial charge >= 0.3 is 0 Å². The van der Waals surface area contributed by atoms with E-state index in [-0.39, 0.29) is 11.9 Å². The van der Waals surface area contributed by atoms with E-state index >= 15 is 0 Å². The molecule has 1 aromatic heterocycles. The lowest BCUT2D eigenvalue weighted by molar-refractivity contribution is 0.0905. The Morgan fingerprint density at radius 3 is 2.60 bits per heavy atom. The number of aromatic nitrogens is 1. The molecule has 134 valence electrons. The Hall–Kier alpha value is -2.60. The molecule has 1 heterocycles. The minimum atomic E-state index is -0.175. The average molecular weight is 344 g/mol. The summed E-state index contributed by atoms with van der Waals surface area (Å²) in [5.41, 5.74) is 1.52. The zero-order chi connectivity index (χ0) is 18.1. The van der Waals surface area contributed by atoms with Crippen LogP contribution in [0.3, 0.4) is 0 Å². The van der Waals surface area contributed by atoms with Crippen LogP contribution in [0.4, 0.5) is 0 Å². The second-order valence-electron chi connectivity index (χ2n) is 5.57. The van der Waals surface area contributed by atoms with E-state index in [4.69, 9.17) is 14.2 Å². The summed E-state index contributed by atoms with van der Waals surface area (Å²) in [7, 11) is 1.60. The van der Waals surface area contributed by atoms with Gasteiger partial charge in [0.2, 0.25) is 0 Å². The Labute approximate surface area is 148 Å². The van der Waals surface area contributed by atoms with Gasteiger partial charge in [-0.2, -0.15) is 0 Å². The third-order valence-corrected chi connectivity index (χ3v) is 3.44. The third-order valence-electron chi connectivity index (χ3n) is 3.44. The molecule has 2 aromatic rings. The van der Waals surface area contributed by atoms with E-state index in [1.807, 2.05) is 26.0 Å². The van der Waals surface area contributed by atoms with Crippen LogP contribution in [0.2, 0.25) is 0 Å². The van der Waals surface area contributed by atoms with Crippen LogP contribution >= 0.6 is 0 Å². The number of nitrogens with one attached hydrogen (secondary N) is 1. The number of amides is 1. The largest absolute Gasteiger partial charge is 0.490 e. The highest BCUT2D eigenvalue weighted by atomic mass is 16.5. The molecule has 0 aliphatic heterocycles. The molecule has 1 unspecified atom stereocenters. The molecule has 0 fully saturated rings. The molecule has 6 nitrogen and oxygen atoms in total. The molecule has 0 saturated heterocycles. The Balaban J connectivity index is 2.09. The normalized spacial score (nSPS) is 11.6. The summed E-state index contributed by atoms with van der Waals surface area (Å²) in [6, 6.07) is 8.87. The lowest BCUT2D eigenvalue weighted by atomic mass is 10.1. The fourth-order valence-corrected chi connectivity index (χ4v) is 2.28.